The molecule has 0 heterocycles. The van der Waals surface area contributed by atoms with Crippen LogP contribution in [0, 0.1) is 17.7 Å². The van der Waals surface area contributed by atoms with Crippen LogP contribution in [0.2, 0.25) is 0 Å². The molecule has 166 valence electrons. The lowest BCUT2D eigenvalue weighted by Crippen LogP contribution is -2.36. The standard InChI is InChI=1S/C17H20N6O6S2/c1-9-7-13(14(30(2,25)26)8-12(9)15(24)22-16(18)19)29-10-3-5-11(6-4-10)31(27,28)23-17(20)21/h3-8H,1-2H3,(H4,20,21,23)(H4,18,19,22,24). The number of carbonyl (C=O) groups is 1. The molecular weight excluding hydrogens is 448 g/mol. The molecule has 0 spiro atoms. The number of benzene rings is 2. The molecule has 0 bridgehead atoms. The summed E-state index contributed by atoms with van der Waals surface area (Å²) < 4.78 is 55.9. The largest absolute Gasteiger partial charge is 0.456 e. The van der Waals surface area contributed by atoms with Gasteiger partial charge < -0.3 is 16.2 Å². The molecule has 2 aromatic rings. The number of hydrogen-bond acceptors (Lipinski definition) is 8. The highest BCUT2D eigenvalue weighted by Crippen LogP contribution is 2.32. The number of aryl methyl sites for hydroxylation is 1. The van der Waals surface area contributed by atoms with Crippen LogP contribution in [0.4, 0.5) is 0 Å². The molecule has 0 atom stereocenters. The van der Waals surface area contributed by atoms with Crippen LogP contribution in [-0.2, 0) is 19.9 Å². The molecule has 14 heteroatoms. The molecule has 0 fully saturated rings. The smallest absolute Gasteiger partial charge is 0.264 e. The lowest BCUT2D eigenvalue weighted by Gasteiger charge is -2.14. The zero-order valence-corrected chi connectivity index (χ0v) is 18.0. The third-order valence-corrected chi connectivity index (χ3v) is 6.29. The number of rotatable bonds is 6. The maximum absolute atomic E-state index is 12.2. The quantitative estimate of drug-likeness (QED) is 0.249. The highest BCUT2D eigenvalue weighted by atomic mass is 32.2. The number of amides is 1. The fourth-order valence-corrected chi connectivity index (χ4v) is 4.18. The van der Waals surface area contributed by atoms with Crippen LogP contribution in [0.25, 0.3) is 0 Å². The Labute approximate surface area is 178 Å². The van der Waals surface area contributed by atoms with Gasteiger partial charge in [-0.25, -0.2) is 21.6 Å². The van der Waals surface area contributed by atoms with E-state index >= 15 is 0 Å². The molecule has 0 aliphatic carbocycles. The summed E-state index contributed by atoms with van der Waals surface area (Å²) in [7, 11) is -7.87. The molecule has 0 radical (unpaired) electrons. The van der Waals surface area contributed by atoms with E-state index in [9.17, 15) is 21.6 Å². The topological polar surface area (TPSA) is 218 Å². The van der Waals surface area contributed by atoms with Crippen molar-refractivity contribution in [1.29, 1.82) is 10.8 Å². The van der Waals surface area contributed by atoms with Gasteiger partial charge in [0.15, 0.2) is 21.8 Å². The normalized spacial score (nSPS) is 11.4. The molecule has 2 aromatic carbocycles. The Balaban J connectivity index is 2.45. The highest BCUT2D eigenvalue weighted by molar-refractivity contribution is 7.91. The summed E-state index contributed by atoms with van der Waals surface area (Å²) in [6.07, 6.45) is 0.931. The van der Waals surface area contributed by atoms with Gasteiger partial charge in [0, 0.05) is 11.8 Å². The molecule has 1 amide bonds. The molecule has 0 aromatic heterocycles. The van der Waals surface area contributed by atoms with Gasteiger partial charge in [-0.3, -0.25) is 20.9 Å². The van der Waals surface area contributed by atoms with E-state index in [2.05, 4.69) is 5.32 Å². The van der Waals surface area contributed by atoms with Crippen LogP contribution in [0.3, 0.4) is 0 Å². The molecule has 0 aliphatic heterocycles. The van der Waals surface area contributed by atoms with Crippen molar-refractivity contribution in [3.63, 3.8) is 0 Å². The average Bonchev–Trinajstić information content (AvgIpc) is 2.59. The lowest BCUT2D eigenvalue weighted by atomic mass is 10.1. The summed E-state index contributed by atoms with van der Waals surface area (Å²) in [6, 6.07) is 7.37. The van der Waals surface area contributed by atoms with E-state index in [4.69, 9.17) is 27.0 Å². The minimum Gasteiger partial charge on any atom is -0.456 e. The molecule has 0 saturated heterocycles. The average molecular weight is 469 g/mol. The number of carbonyl (C=O) groups excluding carboxylic acids is 1. The van der Waals surface area contributed by atoms with Crippen molar-refractivity contribution in [1.82, 2.24) is 10.0 Å². The zero-order valence-electron chi connectivity index (χ0n) is 16.4. The van der Waals surface area contributed by atoms with Crippen molar-refractivity contribution in [3.05, 3.63) is 47.5 Å². The van der Waals surface area contributed by atoms with E-state index in [0.29, 0.717) is 5.56 Å². The second-order valence-corrected chi connectivity index (χ2v) is 10.0. The van der Waals surface area contributed by atoms with Crippen molar-refractivity contribution in [2.24, 2.45) is 11.5 Å². The molecule has 8 N–H and O–H groups in total. The van der Waals surface area contributed by atoms with Crippen molar-refractivity contribution >= 4 is 37.7 Å². The molecular formula is C17H20N6O6S2. The minimum atomic E-state index is -4.04. The molecule has 0 unspecified atom stereocenters. The molecule has 31 heavy (non-hydrogen) atoms. The first-order chi connectivity index (χ1) is 14.2. The maximum Gasteiger partial charge on any atom is 0.264 e. The summed E-state index contributed by atoms with van der Waals surface area (Å²) in [5.74, 6) is -2.07. The fourth-order valence-electron chi connectivity index (χ4n) is 2.48. The predicted molar refractivity (Wildman–Crippen MR) is 112 cm³/mol. The van der Waals surface area contributed by atoms with Gasteiger partial charge in [0.05, 0.1) is 4.90 Å². The Bertz CT molecular complexity index is 1270. The molecule has 2 rings (SSSR count). The number of hydrogen-bond donors (Lipinski definition) is 6. The Morgan fingerprint density at radius 1 is 1.00 bits per heavy atom. The van der Waals surface area contributed by atoms with E-state index in [1.165, 1.54) is 37.3 Å². The number of sulfonamides is 1. The summed E-state index contributed by atoms with van der Waals surface area (Å²) in [5.41, 5.74) is 10.5. The Hall–Kier alpha value is -3.65. The highest BCUT2D eigenvalue weighted by Gasteiger charge is 2.22. The van der Waals surface area contributed by atoms with E-state index in [-0.39, 0.29) is 26.9 Å². The number of sulfone groups is 1. The monoisotopic (exact) mass is 468 g/mol. The maximum atomic E-state index is 12.2. The minimum absolute atomic E-state index is 0.0141. The van der Waals surface area contributed by atoms with Crippen molar-refractivity contribution in [3.8, 4) is 11.5 Å². The Morgan fingerprint density at radius 3 is 2.06 bits per heavy atom. The summed E-state index contributed by atoms with van der Waals surface area (Å²) >= 11 is 0. The number of ether oxygens (including phenoxy) is 1. The van der Waals surface area contributed by atoms with Crippen LogP contribution < -0.4 is 26.2 Å². The Morgan fingerprint density at radius 2 is 1.58 bits per heavy atom. The Kier molecular flexibility index (Phi) is 6.56. The number of nitrogens with two attached hydrogens (primary N) is 2. The molecule has 0 aliphatic rings. The predicted octanol–water partition coefficient (Wildman–Crippen LogP) is -0.0141. The van der Waals surface area contributed by atoms with Crippen molar-refractivity contribution in [2.45, 2.75) is 16.7 Å². The first kappa shape index (κ1) is 23.6. The second-order valence-electron chi connectivity index (χ2n) is 6.35. The summed E-state index contributed by atoms with van der Waals surface area (Å²) in [5, 5.41) is 16.3. The third kappa shape index (κ3) is 5.93. The number of guanidine groups is 2. The van der Waals surface area contributed by atoms with Crippen LogP contribution >= 0.6 is 0 Å². The van der Waals surface area contributed by atoms with Crippen molar-refractivity contribution in [2.75, 3.05) is 6.26 Å². The first-order valence-electron chi connectivity index (χ1n) is 8.35. The van der Waals surface area contributed by atoms with Gasteiger partial charge in [-0.1, -0.05) is 0 Å². The van der Waals surface area contributed by atoms with Crippen LogP contribution in [0.15, 0.2) is 46.2 Å². The molecule has 12 nitrogen and oxygen atoms in total. The van der Waals surface area contributed by atoms with Gasteiger partial charge >= 0.3 is 0 Å². The summed E-state index contributed by atoms with van der Waals surface area (Å²) in [6.45, 7) is 1.54. The van der Waals surface area contributed by atoms with E-state index in [1.807, 2.05) is 4.72 Å². The van der Waals surface area contributed by atoms with Crippen LogP contribution in [0.1, 0.15) is 15.9 Å². The fraction of sp³-hybridized carbons (Fsp3) is 0.118. The van der Waals surface area contributed by atoms with Gasteiger partial charge in [0.1, 0.15) is 16.4 Å². The zero-order chi connectivity index (χ0) is 23.6. The first-order valence-corrected chi connectivity index (χ1v) is 11.7. The second kappa shape index (κ2) is 8.61. The van der Waals surface area contributed by atoms with E-state index < -0.39 is 37.7 Å². The number of nitrogens with one attached hydrogen (secondary N) is 4. The van der Waals surface area contributed by atoms with Gasteiger partial charge in [-0.05, 0) is 48.9 Å². The van der Waals surface area contributed by atoms with Crippen LogP contribution in [-0.4, -0.2) is 40.9 Å². The van der Waals surface area contributed by atoms with Gasteiger partial charge in [-0.15, -0.1) is 0 Å². The lowest BCUT2D eigenvalue weighted by molar-refractivity contribution is 0.0975. The van der Waals surface area contributed by atoms with Gasteiger partial charge in [0.2, 0.25) is 0 Å². The van der Waals surface area contributed by atoms with Crippen LogP contribution in [0.5, 0.6) is 11.5 Å². The van der Waals surface area contributed by atoms with Gasteiger partial charge in [0.25, 0.3) is 15.9 Å². The van der Waals surface area contributed by atoms with E-state index in [1.54, 1.807) is 0 Å². The summed E-state index contributed by atoms with van der Waals surface area (Å²) in [4.78, 5) is 11.7. The van der Waals surface area contributed by atoms with E-state index in [0.717, 1.165) is 12.3 Å². The van der Waals surface area contributed by atoms with Crippen molar-refractivity contribution < 1.29 is 26.4 Å². The van der Waals surface area contributed by atoms with Gasteiger partial charge in [-0.2, -0.15) is 0 Å². The molecule has 0 saturated carbocycles. The third-order valence-electron chi connectivity index (χ3n) is 3.79. The SMILES string of the molecule is Cc1cc(Oc2ccc(S(=O)(=O)NC(=N)N)cc2)c(S(C)(=O)=O)cc1C(=O)NC(=N)N.